The van der Waals surface area contributed by atoms with Crippen LogP contribution in [0.2, 0.25) is 0 Å². The van der Waals surface area contributed by atoms with E-state index >= 15 is 0 Å². The average Bonchev–Trinajstić information content (AvgIpc) is 2.71. The number of imidazole rings is 2. The average molecular weight is 247 g/mol. The van der Waals surface area contributed by atoms with Gasteiger partial charge in [-0.05, 0) is 20.9 Å². The molecular weight excluding hydrogens is 226 g/mol. The Balaban J connectivity index is 2.03. The molecule has 2 aromatic rings. The van der Waals surface area contributed by atoms with Gasteiger partial charge in [0.1, 0.15) is 11.6 Å². The summed E-state index contributed by atoms with van der Waals surface area (Å²) in [5.74, 6) is 2.17. The molecule has 0 atom stereocenters. The molecule has 2 heterocycles. The summed E-state index contributed by atoms with van der Waals surface area (Å²) in [7, 11) is 6.16. The molecule has 0 aliphatic carbocycles. The van der Waals surface area contributed by atoms with Gasteiger partial charge in [-0.25, -0.2) is 9.97 Å². The minimum Gasteiger partial charge on any atom is -0.337 e. The van der Waals surface area contributed by atoms with Crippen molar-refractivity contribution in [2.24, 2.45) is 14.1 Å². The predicted octanol–water partition coefficient (Wildman–Crippen LogP) is 1.40. The van der Waals surface area contributed by atoms with Crippen molar-refractivity contribution < 1.29 is 0 Å². The fraction of sp³-hybridized carbons (Fsp3) is 0.538. The third-order valence-electron chi connectivity index (χ3n) is 3.01. The highest BCUT2D eigenvalue weighted by Gasteiger charge is 2.10. The van der Waals surface area contributed by atoms with Gasteiger partial charge in [0.15, 0.2) is 0 Å². The molecule has 2 rings (SSSR count). The molecule has 0 radical (unpaired) electrons. The second-order valence-corrected chi connectivity index (χ2v) is 4.99. The van der Waals surface area contributed by atoms with Gasteiger partial charge in [-0.3, -0.25) is 4.90 Å². The van der Waals surface area contributed by atoms with E-state index in [-0.39, 0.29) is 0 Å². The molecule has 5 nitrogen and oxygen atoms in total. The lowest BCUT2D eigenvalue weighted by Crippen LogP contribution is -2.21. The van der Waals surface area contributed by atoms with E-state index in [4.69, 9.17) is 0 Å². The van der Waals surface area contributed by atoms with Crippen LogP contribution in [0.25, 0.3) is 0 Å². The van der Waals surface area contributed by atoms with E-state index in [2.05, 4.69) is 31.0 Å². The quantitative estimate of drug-likeness (QED) is 0.820. The molecule has 0 unspecified atom stereocenters. The molecule has 0 N–H and O–H groups in total. The lowest BCUT2D eigenvalue weighted by molar-refractivity contribution is 0.296. The molecule has 0 saturated heterocycles. The molecule has 0 aliphatic rings. The van der Waals surface area contributed by atoms with Crippen molar-refractivity contribution in [2.45, 2.75) is 26.9 Å². The first-order valence-electron chi connectivity index (χ1n) is 6.12. The summed E-state index contributed by atoms with van der Waals surface area (Å²) in [4.78, 5) is 11.3. The van der Waals surface area contributed by atoms with E-state index in [9.17, 15) is 0 Å². The summed E-state index contributed by atoms with van der Waals surface area (Å²) in [5, 5.41) is 0. The van der Waals surface area contributed by atoms with E-state index in [0.717, 1.165) is 36.1 Å². The minimum absolute atomic E-state index is 0.830. The molecule has 0 amide bonds. The van der Waals surface area contributed by atoms with Crippen LogP contribution in [-0.2, 0) is 27.2 Å². The third-order valence-corrected chi connectivity index (χ3v) is 3.01. The largest absolute Gasteiger partial charge is 0.337 e. The van der Waals surface area contributed by atoms with Crippen LogP contribution in [0.4, 0.5) is 0 Å². The second-order valence-electron chi connectivity index (χ2n) is 4.99. The highest BCUT2D eigenvalue weighted by Crippen LogP contribution is 2.07. The van der Waals surface area contributed by atoms with Crippen molar-refractivity contribution in [1.82, 2.24) is 24.0 Å². The molecule has 18 heavy (non-hydrogen) atoms. The Kier molecular flexibility index (Phi) is 3.52. The first-order chi connectivity index (χ1) is 8.45. The highest BCUT2D eigenvalue weighted by molar-refractivity contribution is 5.03. The minimum atomic E-state index is 0.830. The van der Waals surface area contributed by atoms with Crippen LogP contribution >= 0.6 is 0 Å². The molecule has 2 aromatic heterocycles. The van der Waals surface area contributed by atoms with Crippen LogP contribution in [0.5, 0.6) is 0 Å². The van der Waals surface area contributed by atoms with Crippen molar-refractivity contribution >= 4 is 0 Å². The molecule has 0 aliphatic heterocycles. The summed E-state index contributed by atoms with van der Waals surface area (Å²) < 4.78 is 4.16. The molecule has 0 spiro atoms. The molecule has 0 bridgehead atoms. The van der Waals surface area contributed by atoms with Crippen molar-refractivity contribution in [3.8, 4) is 0 Å². The van der Waals surface area contributed by atoms with Crippen LogP contribution in [-0.4, -0.2) is 31.0 Å². The van der Waals surface area contributed by atoms with Crippen molar-refractivity contribution in [1.29, 1.82) is 0 Å². The standard InChI is InChI=1S/C13H21N5/c1-10-6-17(4)12(14-10)8-16(3)9-13-15-11(2)7-18(13)5/h6-7H,8-9H2,1-5H3. The Bertz CT molecular complexity index is 489. The van der Waals surface area contributed by atoms with Gasteiger partial charge in [0, 0.05) is 26.5 Å². The molecule has 0 fully saturated rings. The molecule has 98 valence electrons. The molecule has 0 aromatic carbocycles. The van der Waals surface area contributed by atoms with Gasteiger partial charge in [-0.1, -0.05) is 0 Å². The van der Waals surface area contributed by atoms with Crippen LogP contribution in [0.1, 0.15) is 23.0 Å². The highest BCUT2D eigenvalue weighted by atomic mass is 15.2. The van der Waals surface area contributed by atoms with Gasteiger partial charge >= 0.3 is 0 Å². The fourth-order valence-corrected chi connectivity index (χ4v) is 2.16. The van der Waals surface area contributed by atoms with Crippen molar-refractivity contribution in [3.05, 3.63) is 35.4 Å². The first-order valence-corrected chi connectivity index (χ1v) is 6.12. The molecular formula is C13H21N5. The third kappa shape index (κ3) is 2.79. The number of aryl methyl sites for hydroxylation is 4. The zero-order chi connectivity index (χ0) is 13.3. The van der Waals surface area contributed by atoms with Gasteiger partial charge in [0.2, 0.25) is 0 Å². The fourth-order valence-electron chi connectivity index (χ4n) is 2.16. The summed E-state index contributed by atoms with van der Waals surface area (Å²) in [5.41, 5.74) is 2.13. The van der Waals surface area contributed by atoms with E-state index in [0.29, 0.717) is 0 Å². The molecule has 0 saturated carbocycles. The van der Waals surface area contributed by atoms with Crippen LogP contribution in [0.3, 0.4) is 0 Å². The number of aromatic nitrogens is 4. The first kappa shape index (κ1) is 12.8. The smallest absolute Gasteiger partial charge is 0.122 e. The van der Waals surface area contributed by atoms with E-state index in [1.54, 1.807) is 0 Å². The summed E-state index contributed by atoms with van der Waals surface area (Å²) >= 11 is 0. The SMILES string of the molecule is Cc1cn(C)c(CN(C)Cc2nc(C)cn2C)n1. The Morgan fingerprint density at radius 2 is 1.33 bits per heavy atom. The van der Waals surface area contributed by atoms with Gasteiger partial charge in [-0.15, -0.1) is 0 Å². The number of hydrogen-bond acceptors (Lipinski definition) is 3. The van der Waals surface area contributed by atoms with Crippen LogP contribution in [0, 0.1) is 13.8 Å². The number of nitrogens with zero attached hydrogens (tertiary/aromatic N) is 5. The van der Waals surface area contributed by atoms with Crippen molar-refractivity contribution in [3.63, 3.8) is 0 Å². The van der Waals surface area contributed by atoms with Gasteiger partial charge in [-0.2, -0.15) is 0 Å². The van der Waals surface area contributed by atoms with Gasteiger partial charge in [0.05, 0.1) is 24.5 Å². The maximum absolute atomic E-state index is 4.51. The summed E-state index contributed by atoms with van der Waals surface area (Å²) in [6.45, 7) is 5.70. The Morgan fingerprint density at radius 3 is 1.61 bits per heavy atom. The van der Waals surface area contributed by atoms with Gasteiger partial charge < -0.3 is 9.13 Å². The number of rotatable bonds is 4. The number of hydrogen-bond donors (Lipinski definition) is 0. The Hall–Kier alpha value is -1.62. The van der Waals surface area contributed by atoms with Crippen LogP contribution in [0.15, 0.2) is 12.4 Å². The normalized spacial score (nSPS) is 11.4. The Labute approximate surface area is 108 Å². The lowest BCUT2D eigenvalue weighted by atomic mass is 10.4. The predicted molar refractivity (Wildman–Crippen MR) is 71.1 cm³/mol. The topological polar surface area (TPSA) is 38.9 Å². The van der Waals surface area contributed by atoms with Crippen molar-refractivity contribution in [2.75, 3.05) is 7.05 Å². The summed E-state index contributed by atoms with van der Waals surface area (Å²) in [6.07, 6.45) is 4.10. The lowest BCUT2D eigenvalue weighted by Gasteiger charge is -2.15. The maximum Gasteiger partial charge on any atom is 0.122 e. The second kappa shape index (κ2) is 4.94. The zero-order valence-corrected chi connectivity index (χ0v) is 11.8. The maximum atomic E-state index is 4.51. The Morgan fingerprint density at radius 1 is 0.944 bits per heavy atom. The summed E-state index contributed by atoms with van der Waals surface area (Å²) in [6, 6.07) is 0. The van der Waals surface area contributed by atoms with Crippen LogP contribution < -0.4 is 0 Å². The zero-order valence-electron chi connectivity index (χ0n) is 11.8. The monoisotopic (exact) mass is 247 g/mol. The van der Waals surface area contributed by atoms with E-state index in [1.807, 2.05) is 40.3 Å². The van der Waals surface area contributed by atoms with Gasteiger partial charge in [0.25, 0.3) is 0 Å². The van der Waals surface area contributed by atoms with E-state index < -0.39 is 0 Å². The van der Waals surface area contributed by atoms with E-state index in [1.165, 1.54) is 0 Å². The molecule has 5 heteroatoms.